The Morgan fingerprint density at radius 3 is 2.71 bits per heavy atom. The number of benzene rings is 2. The molecule has 0 saturated heterocycles. The van der Waals surface area contributed by atoms with E-state index in [1.807, 2.05) is 47.9 Å². The summed E-state index contributed by atoms with van der Waals surface area (Å²) in [6, 6.07) is 15.7. The average Bonchev–Trinajstić information content (AvgIpc) is 3.27. The van der Waals surface area contributed by atoms with E-state index >= 15 is 0 Å². The highest BCUT2D eigenvalue weighted by Gasteiger charge is 2.20. The van der Waals surface area contributed by atoms with E-state index in [9.17, 15) is 14.9 Å². The highest BCUT2D eigenvalue weighted by Crippen LogP contribution is 2.31. The molecule has 2 aromatic carbocycles. The van der Waals surface area contributed by atoms with Crippen LogP contribution < -0.4 is 10.1 Å². The van der Waals surface area contributed by atoms with Crippen molar-refractivity contribution in [2.24, 2.45) is 0 Å². The van der Waals surface area contributed by atoms with E-state index in [4.69, 9.17) is 4.74 Å². The number of hydrogen-bond donors (Lipinski definition) is 1. The van der Waals surface area contributed by atoms with Gasteiger partial charge in [-0.1, -0.05) is 30.0 Å². The summed E-state index contributed by atoms with van der Waals surface area (Å²) in [5.74, 6) is 0.477. The Morgan fingerprint density at radius 1 is 1.18 bits per heavy atom. The summed E-state index contributed by atoms with van der Waals surface area (Å²) in [6.07, 6.45) is 3.37. The van der Waals surface area contributed by atoms with Crippen LogP contribution in [-0.2, 0) is 4.79 Å². The molecule has 34 heavy (non-hydrogen) atoms. The first kappa shape index (κ1) is 22.9. The zero-order chi connectivity index (χ0) is 24.1. The number of thioether (sulfide) groups is 1. The van der Waals surface area contributed by atoms with Gasteiger partial charge >= 0.3 is 0 Å². The van der Waals surface area contributed by atoms with Gasteiger partial charge in [0, 0.05) is 18.0 Å². The van der Waals surface area contributed by atoms with Gasteiger partial charge in [0.25, 0.3) is 5.69 Å². The van der Waals surface area contributed by atoms with Gasteiger partial charge in [-0.05, 0) is 42.8 Å². The molecule has 0 bridgehead atoms. The molecule has 10 nitrogen and oxygen atoms in total. The van der Waals surface area contributed by atoms with Crippen LogP contribution in [0.5, 0.6) is 5.75 Å². The van der Waals surface area contributed by atoms with Gasteiger partial charge in [0.2, 0.25) is 5.91 Å². The first-order chi connectivity index (χ1) is 16.5. The van der Waals surface area contributed by atoms with Gasteiger partial charge in [-0.15, -0.1) is 10.2 Å². The molecule has 0 aliphatic carbocycles. The topological polar surface area (TPSA) is 125 Å². The van der Waals surface area contributed by atoms with Crippen molar-refractivity contribution in [3.8, 4) is 22.8 Å². The highest BCUT2D eigenvalue weighted by atomic mass is 32.2. The van der Waals surface area contributed by atoms with Gasteiger partial charge in [0.1, 0.15) is 11.4 Å². The molecule has 1 N–H and O–H groups in total. The lowest BCUT2D eigenvalue weighted by Gasteiger charge is -2.13. The van der Waals surface area contributed by atoms with Crippen LogP contribution in [0.2, 0.25) is 0 Å². The molecule has 172 valence electrons. The molecule has 0 saturated carbocycles. The fourth-order valence-corrected chi connectivity index (χ4v) is 4.03. The van der Waals surface area contributed by atoms with E-state index in [0.717, 1.165) is 16.8 Å². The Bertz CT molecular complexity index is 1340. The Hall–Kier alpha value is -4.25. The minimum absolute atomic E-state index is 0.0275. The third-order valence-corrected chi connectivity index (χ3v) is 5.85. The maximum Gasteiger partial charge on any atom is 0.296 e. The fourth-order valence-electron chi connectivity index (χ4n) is 3.29. The van der Waals surface area contributed by atoms with Gasteiger partial charge in [0.05, 0.1) is 29.5 Å². The van der Waals surface area contributed by atoms with Crippen molar-refractivity contribution in [1.82, 2.24) is 19.7 Å². The lowest BCUT2D eigenvalue weighted by atomic mass is 10.2. The van der Waals surface area contributed by atoms with Gasteiger partial charge < -0.3 is 10.1 Å². The Kier molecular flexibility index (Phi) is 6.83. The standard InChI is InChI=1S/C23H20N6O4S/c1-15-6-3-4-8-19(15)28-22(16-7-5-11-24-13-16)26-27-23(28)34-14-21(30)25-18-10-9-17(33-2)12-20(18)29(31)32/h3-13H,14H2,1-2H3,(H,25,30). The van der Waals surface area contributed by atoms with Crippen LogP contribution in [-0.4, -0.2) is 43.4 Å². The molecule has 11 heteroatoms. The van der Waals surface area contributed by atoms with Gasteiger partial charge in [-0.3, -0.25) is 24.5 Å². The molecule has 2 heterocycles. The zero-order valence-electron chi connectivity index (χ0n) is 18.3. The molecule has 1 amide bonds. The number of methoxy groups -OCH3 is 1. The average molecular weight is 477 g/mol. The summed E-state index contributed by atoms with van der Waals surface area (Å²) in [7, 11) is 1.41. The quantitative estimate of drug-likeness (QED) is 0.227. The molecule has 4 rings (SSSR count). The maximum atomic E-state index is 12.7. The number of nitro groups is 1. The molecule has 0 fully saturated rings. The predicted octanol–water partition coefficient (Wildman–Crippen LogP) is 4.29. The minimum atomic E-state index is -0.569. The number of hydrogen-bond acceptors (Lipinski definition) is 8. The number of aromatic nitrogens is 4. The largest absolute Gasteiger partial charge is 0.496 e. The number of aryl methyl sites for hydroxylation is 1. The molecular weight excluding hydrogens is 456 g/mol. The smallest absolute Gasteiger partial charge is 0.296 e. The molecule has 0 atom stereocenters. The monoisotopic (exact) mass is 476 g/mol. The molecule has 2 aromatic heterocycles. The number of amides is 1. The van der Waals surface area contributed by atoms with Gasteiger partial charge in [-0.2, -0.15) is 0 Å². The Balaban J connectivity index is 1.59. The molecule has 0 spiro atoms. The third-order valence-electron chi connectivity index (χ3n) is 4.92. The number of rotatable bonds is 8. The summed E-state index contributed by atoms with van der Waals surface area (Å²) in [5.41, 5.74) is 2.50. The van der Waals surface area contributed by atoms with Crippen molar-refractivity contribution in [2.45, 2.75) is 12.1 Å². The van der Waals surface area contributed by atoms with Gasteiger partial charge in [0.15, 0.2) is 11.0 Å². The number of anilines is 1. The van der Waals surface area contributed by atoms with Crippen LogP contribution >= 0.6 is 11.8 Å². The Labute approximate surface area is 199 Å². The number of para-hydroxylation sites is 1. The zero-order valence-corrected chi connectivity index (χ0v) is 19.2. The second-order valence-electron chi connectivity index (χ2n) is 7.15. The number of nitrogens with zero attached hydrogens (tertiary/aromatic N) is 5. The predicted molar refractivity (Wildman–Crippen MR) is 128 cm³/mol. The lowest BCUT2D eigenvalue weighted by Crippen LogP contribution is -2.15. The Morgan fingerprint density at radius 2 is 2.00 bits per heavy atom. The summed E-state index contributed by atoms with van der Waals surface area (Å²) in [6.45, 7) is 1.98. The van der Waals surface area contributed by atoms with Crippen molar-refractivity contribution in [3.63, 3.8) is 0 Å². The van der Waals surface area contributed by atoms with E-state index in [2.05, 4.69) is 20.5 Å². The third kappa shape index (κ3) is 4.89. The normalized spacial score (nSPS) is 10.6. The van der Waals surface area contributed by atoms with E-state index in [1.165, 1.54) is 31.0 Å². The number of pyridine rings is 1. The summed E-state index contributed by atoms with van der Waals surface area (Å²) in [4.78, 5) is 27.6. The first-order valence-corrected chi connectivity index (χ1v) is 11.1. The summed E-state index contributed by atoms with van der Waals surface area (Å²) in [5, 5.41) is 23.1. The second-order valence-corrected chi connectivity index (χ2v) is 8.09. The second kappa shape index (κ2) is 10.1. The number of carbonyl (C=O) groups excluding carboxylic acids is 1. The molecule has 4 aromatic rings. The van der Waals surface area contributed by atoms with E-state index in [0.29, 0.717) is 16.7 Å². The van der Waals surface area contributed by atoms with Crippen LogP contribution in [0.3, 0.4) is 0 Å². The van der Waals surface area contributed by atoms with E-state index in [-0.39, 0.29) is 17.1 Å². The van der Waals surface area contributed by atoms with Gasteiger partial charge in [-0.25, -0.2) is 0 Å². The summed E-state index contributed by atoms with van der Waals surface area (Å²) < 4.78 is 6.91. The number of carbonyl (C=O) groups is 1. The molecule has 0 unspecified atom stereocenters. The highest BCUT2D eigenvalue weighted by molar-refractivity contribution is 7.99. The van der Waals surface area contributed by atoms with Crippen LogP contribution in [0.15, 0.2) is 72.1 Å². The number of ether oxygens (including phenoxy) is 1. The van der Waals surface area contributed by atoms with Crippen LogP contribution in [0.4, 0.5) is 11.4 Å². The van der Waals surface area contributed by atoms with Crippen molar-refractivity contribution < 1.29 is 14.5 Å². The van der Waals surface area contributed by atoms with Crippen molar-refractivity contribution in [1.29, 1.82) is 0 Å². The van der Waals surface area contributed by atoms with Crippen LogP contribution in [0.1, 0.15) is 5.56 Å². The SMILES string of the molecule is COc1ccc(NC(=O)CSc2nnc(-c3cccnc3)n2-c2ccccc2C)c([N+](=O)[O-])c1. The molecular formula is C23H20N6O4S. The first-order valence-electron chi connectivity index (χ1n) is 10.1. The minimum Gasteiger partial charge on any atom is -0.496 e. The molecule has 0 aliphatic rings. The lowest BCUT2D eigenvalue weighted by molar-refractivity contribution is -0.384. The van der Waals surface area contributed by atoms with Crippen molar-refractivity contribution >= 4 is 29.0 Å². The fraction of sp³-hybridized carbons (Fsp3) is 0.130. The van der Waals surface area contributed by atoms with Crippen LogP contribution in [0.25, 0.3) is 17.1 Å². The molecule has 0 radical (unpaired) electrons. The van der Waals surface area contributed by atoms with Crippen LogP contribution in [0, 0.1) is 17.0 Å². The van der Waals surface area contributed by atoms with E-state index < -0.39 is 10.8 Å². The maximum absolute atomic E-state index is 12.7. The molecule has 0 aliphatic heterocycles. The van der Waals surface area contributed by atoms with Crippen molar-refractivity contribution in [2.75, 3.05) is 18.2 Å². The number of nitrogens with one attached hydrogen (secondary N) is 1. The number of nitro benzene ring substituents is 1. The van der Waals surface area contributed by atoms with Crippen molar-refractivity contribution in [3.05, 3.63) is 82.7 Å². The van der Waals surface area contributed by atoms with E-state index in [1.54, 1.807) is 18.5 Å². The summed E-state index contributed by atoms with van der Waals surface area (Å²) >= 11 is 1.18.